The SMILES string of the molecule is COCCC1(NC(=O)c2ccc(F)cc2)CCN(CC2CC2)C1. The number of benzene rings is 1. The molecular formula is C18H25FN2O2. The van der Waals surface area contributed by atoms with Gasteiger partial charge in [0.05, 0.1) is 5.54 Å². The number of rotatable bonds is 7. The molecule has 23 heavy (non-hydrogen) atoms. The van der Waals surface area contributed by atoms with Crippen molar-refractivity contribution in [1.82, 2.24) is 10.2 Å². The van der Waals surface area contributed by atoms with Gasteiger partial charge in [-0.2, -0.15) is 0 Å². The highest BCUT2D eigenvalue weighted by Crippen LogP contribution is 2.33. The number of amides is 1. The molecule has 4 nitrogen and oxygen atoms in total. The molecule has 1 aromatic rings. The third kappa shape index (κ3) is 4.30. The molecule has 126 valence electrons. The first-order valence-corrected chi connectivity index (χ1v) is 8.40. The highest BCUT2D eigenvalue weighted by atomic mass is 19.1. The lowest BCUT2D eigenvalue weighted by molar-refractivity contribution is 0.0864. The predicted octanol–water partition coefficient (Wildman–Crippen LogP) is 2.45. The van der Waals surface area contributed by atoms with Crippen molar-refractivity contribution in [1.29, 1.82) is 0 Å². The number of methoxy groups -OCH3 is 1. The van der Waals surface area contributed by atoms with Gasteiger partial charge in [0, 0.05) is 38.9 Å². The van der Waals surface area contributed by atoms with Gasteiger partial charge < -0.3 is 15.0 Å². The molecule has 1 N–H and O–H groups in total. The van der Waals surface area contributed by atoms with Gasteiger partial charge in [0.2, 0.25) is 0 Å². The number of nitrogens with one attached hydrogen (secondary N) is 1. The van der Waals surface area contributed by atoms with E-state index in [9.17, 15) is 9.18 Å². The van der Waals surface area contributed by atoms with Crippen LogP contribution in [0.2, 0.25) is 0 Å². The quantitative estimate of drug-likeness (QED) is 0.839. The van der Waals surface area contributed by atoms with Crippen molar-refractivity contribution in [2.24, 2.45) is 5.92 Å². The topological polar surface area (TPSA) is 41.6 Å². The smallest absolute Gasteiger partial charge is 0.251 e. The van der Waals surface area contributed by atoms with Gasteiger partial charge in [0.25, 0.3) is 5.91 Å². The summed E-state index contributed by atoms with van der Waals surface area (Å²) in [6.07, 6.45) is 4.42. The molecule has 0 bridgehead atoms. The Kier molecular flexibility index (Phi) is 4.97. The summed E-state index contributed by atoms with van der Waals surface area (Å²) in [4.78, 5) is 15.0. The molecule has 1 amide bonds. The van der Waals surface area contributed by atoms with Crippen LogP contribution in [0.3, 0.4) is 0 Å². The number of halogens is 1. The molecule has 1 atom stereocenters. The monoisotopic (exact) mass is 320 g/mol. The fourth-order valence-corrected chi connectivity index (χ4v) is 3.36. The maximum Gasteiger partial charge on any atom is 0.251 e. The molecule has 1 aromatic carbocycles. The number of hydrogen-bond donors (Lipinski definition) is 1. The third-order valence-corrected chi connectivity index (χ3v) is 4.92. The van der Waals surface area contributed by atoms with Crippen molar-refractivity contribution in [3.63, 3.8) is 0 Å². The van der Waals surface area contributed by atoms with Crippen LogP contribution in [0.5, 0.6) is 0 Å². The van der Waals surface area contributed by atoms with E-state index < -0.39 is 0 Å². The maximum absolute atomic E-state index is 13.0. The number of ether oxygens (including phenoxy) is 1. The lowest BCUT2D eigenvalue weighted by atomic mass is 9.94. The summed E-state index contributed by atoms with van der Waals surface area (Å²) >= 11 is 0. The van der Waals surface area contributed by atoms with E-state index in [2.05, 4.69) is 10.2 Å². The van der Waals surface area contributed by atoms with E-state index >= 15 is 0 Å². The summed E-state index contributed by atoms with van der Waals surface area (Å²) in [5.74, 6) is 0.391. The Bertz CT molecular complexity index is 544. The lowest BCUT2D eigenvalue weighted by Crippen LogP contribution is -2.51. The van der Waals surface area contributed by atoms with Crippen LogP contribution >= 0.6 is 0 Å². The molecule has 1 unspecified atom stereocenters. The molecular weight excluding hydrogens is 295 g/mol. The van der Waals surface area contributed by atoms with Gasteiger partial charge in [0.15, 0.2) is 0 Å². The first-order valence-electron chi connectivity index (χ1n) is 8.40. The van der Waals surface area contributed by atoms with Crippen LogP contribution < -0.4 is 5.32 Å². The summed E-state index contributed by atoms with van der Waals surface area (Å²) in [5, 5.41) is 3.20. The Morgan fingerprint density at radius 2 is 2.13 bits per heavy atom. The average Bonchev–Trinajstić information content (AvgIpc) is 3.27. The zero-order valence-electron chi connectivity index (χ0n) is 13.7. The Balaban J connectivity index is 1.66. The second kappa shape index (κ2) is 6.97. The van der Waals surface area contributed by atoms with E-state index in [1.807, 2.05) is 0 Å². The second-order valence-electron chi connectivity index (χ2n) is 6.91. The molecule has 2 fully saturated rings. The number of nitrogens with zero attached hydrogens (tertiary/aromatic N) is 1. The van der Waals surface area contributed by atoms with Crippen LogP contribution in [-0.2, 0) is 4.74 Å². The van der Waals surface area contributed by atoms with Crippen molar-refractivity contribution in [2.45, 2.75) is 31.2 Å². The zero-order valence-corrected chi connectivity index (χ0v) is 13.7. The molecule has 5 heteroatoms. The summed E-state index contributed by atoms with van der Waals surface area (Å²) in [6, 6.07) is 5.72. The van der Waals surface area contributed by atoms with Crippen LogP contribution in [0.1, 0.15) is 36.0 Å². The largest absolute Gasteiger partial charge is 0.385 e. The van der Waals surface area contributed by atoms with Crippen LogP contribution in [0.15, 0.2) is 24.3 Å². The Labute approximate surface area is 137 Å². The van der Waals surface area contributed by atoms with E-state index in [1.54, 1.807) is 7.11 Å². The molecule has 1 saturated carbocycles. The van der Waals surface area contributed by atoms with Crippen LogP contribution in [0.4, 0.5) is 4.39 Å². The van der Waals surface area contributed by atoms with Crippen molar-refractivity contribution < 1.29 is 13.9 Å². The molecule has 0 spiro atoms. The number of likely N-dealkylation sites (tertiary alicyclic amines) is 1. The van der Waals surface area contributed by atoms with Gasteiger partial charge in [-0.15, -0.1) is 0 Å². The minimum atomic E-state index is -0.327. The molecule has 2 aliphatic rings. The Morgan fingerprint density at radius 1 is 1.39 bits per heavy atom. The van der Waals surface area contributed by atoms with E-state index in [0.29, 0.717) is 12.2 Å². The first kappa shape index (κ1) is 16.4. The maximum atomic E-state index is 13.0. The highest BCUT2D eigenvalue weighted by Gasteiger charge is 2.40. The molecule has 1 heterocycles. The van der Waals surface area contributed by atoms with Gasteiger partial charge in [-0.3, -0.25) is 4.79 Å². The fraction of sp³-hybridized carbons (Fsp3) is 0.611. The van der Waals surface area contributed by atoms with E-state index in [1.165, 1.54) is 37.1 Å². The first-order chi connectivity index (χ1) is 11.1. The minimum Gasteiger partial charge on any atom is -0.385 e. The minimum absolute atomic E-state index is 0.130. The predicted molar refractivity (Wildman–Crippen MR) is 86.9 cm³/mol. The van der Waals surface area contributed by atoms with E-state index in [0.717, 1.165) is 38.4 Å². The summed E-state index contributed by atoms with van der Waals surface area (Å²) < 4.78 is 18.3. The van der Waals surface area contributed by atoms with E-state index in [4.69, 9.17) is 4.74 Å². The summed E-state index contributed by atoms with van der Waals surface area (Å²) in [6.45, 7) is 3.66. The molecule has 1 saturated heterocycles. The van der Waals surface area contributed by atoms with Crippen molar-refractivity contribution >= 4 is 5.91 Å². The van der Waals surface area contributed by atoms with Gasteiger partial charge in [0.1, 0.15) is 5.82 Å². The Morgan fingerprint density at radius 3 is 2.78 bits per heavy atom. The number of hydrogen-bond acceptors (Lipinski definition) is 3. The number of carbonyl (C=O) groups excluding carboxylic acids is 1. The normalized spacial score (nSPS) is 24.8. The van der Waals surface area contributed by atoms with E-state index in [-0.39, 0.29) is 17.3 Å². The third-order valence-electron chi connectivity index (χ3n) is 4.92. The van der Waals surface area contributed by atoms with Crippen molar-refractivity contribution in [3.8, 4) is 0 Å². The summed E-state index contributed by atoms with van der Waals surface area (Å²) in [7, 11) is 1.69. The van der Waals surface area contributed by atoms with Gasteiger partial charge >= 0.3 is 0 Å². The van der Waals surface area contributed by atoms with Crippen LogP contribution in [-0.4, -0.2) is 49.7 Å². The average molecular weight is 320 g/mol. The van der Waals surface area contributed by atoms with Crippen molar-refractivity contribution in [2.75, 3.05) is 33.4 Å². The summed E-state index contributed by atoms with van der Waals surface area (Å²) in [5.41, 5.74) is 0.264. The Hall–Kier alpha value is -1.46. The van der Waals surface area contributed by atoms with Crippen LogP contribution in [0, 0.1) is 11.7 Å². The number of carbonyl (C=O) groups is 1. The molecule has 3 rings (SSSR count). The molecule has 1 aliphatic heterocycles. The molecule has 0 radical (unpaired) electrons. The van der Waals surface area contributed by atoms with Crippen molar-refractivity contribution in [3.05, 3.63) is 35.6 Å². The lowest BCUT2D eigenvalue weighted by Gasteiger charge is -2.31. The van der Waals surface area contributed by atoms with Crippen LogP contribution in [0.25, 0.3) is 0 Å². The highest BCUT2D eigenvalue weighted by molar-refractivity contribution is 5.94. The second-order valence-corrected chi connectivity index (χ2v) is 6.91. The fourth-order valence-electron chi connectivity index (χ4n) is 3.36. The standard InChI is InChI=1S/C18H25FN2O2/c1-23-11-9-18(8-10-21(13-18)12-14-2-3-14)20-17(22)15-4-6-16(19)7-5-15/h4-7,14H,2-3,8-13H2,1H3,(H,20,22). The molecule has 0 aromatic heterocycles. The van der Waals surface area contributed by atoms with Gasteiger partial charge in [-0.25, -0.2) is 4.39 Å². The van der Waals surface area contributed by atoms with Gasteiger partial charge in [-0.05, 0) is 55.9 Å². The zero-order chi connectivity index (χ0) is 16.3. The molecule has 1 aliphatic carbocycles. The van der Waals surface area contributed by atoms with Gasteiger partial charge in [-0.1, -0.05) is 0 Å².